The molecule has 0 spiro atoms. The summed E-state index contributed by atoms with van der Waals surface area (Å²) in [7, 11) is 0. The third-order valence-electron chi connectivity index (χ3n) is 3.82. The van der Waals surface area contributed by atoms with Crippen molar-refractivity contribution in [2.75, 3.05) is 11.4 Å². The Balaban J connectivity index is 1.67. The van der Waals surface area contributed by atoms with Gasteiger partial charge in [-0.2, -0.15) is 0 Å². The van der Waals surface area contributed by atoms with Crippen molar-refractivity contribution >= 4 is 17.7 Å². The first-order valence-corrected chi connectivity index (χ1v) is 7.45. The van der Waals surface area contributed by atoms with Crippen LogP contribution in [0.25, 0.3) is 0 Å². The first-order valence-electron chi connectivity index (χ1n) is 7.45. The van der Waals surface area contributed by atoms with Gasteiger partial charge in [-0.15, -0.1) is 0 Å². The van der Waals surface area contributed by atoms with Gasteiger partial charge in [0.05, 0.1) is 12.1 Å². The highest BCUT2D eigenvalue weighted by atomic mass is 16.6. The first-order chi connectivity index (χ1) is 11.1. The molecule has 0 saturated carbocycles. The van der Waals surface area contributed by atoms with Crippen LogP contribution < -0.4 is 4.90 Å². The van der Waals surface area contributed by atoms with E-state index >= 15 is 0 Å². The Morgan fingerprint density at radius 1 is 1.09 bits per heavy atom. The number of fused-ring (bicyclic) bond motifs is 1. The zero-order valence-corrected chi connectivity index (χ0v) is 12.6. The number of carboxylic acids is 1. The van der Waals surface area contributed by atoms with Crippen LogP contribution in [0.3, 0.4) is 0 Å². The molecule has 1 N–H and O–H groups in total. The van der Waals surface area contributed by atoms with E-state index in [1.54, 1.807) is 17.0 Å². The van der Waals surface area contributed by atoms with E-state index in [0.29, 0.717) is 13.0 Å². The minimum atomic E-state index is -0.859. The molecule has 5 nitrogen and oxygen atoms in total. The molecule has 2 aromatic rings. The number of carboxylic acid groups (broad SMARTS) is 1. The lowest BCUT2D eigenvalue weighted by Gasteiger charge is -2.17. The van der Waals surface area contributed by atoms with Crippen LogP contribution >= 0.6 is 0 Å². The van der Waals surface area contributed by atoms with Crippen LogP contribution in [-0.4, -0.2) is 23.7 Å². The summed E-state index contributed by atoms with van der Waals surface area (Å²) in [6.07, 6.45) is 0.327. The van der Waals surface area contributed by atoms with Crippen LogP contribution in [0.4, 0.5) is 10.5 Å². The fourth-order valence-electron chi connectivity index (χ4n) is 2.73. The molecule has 23 heavy (non-hydrogen) atoms. The predicted octanol–water partition coefficient (Wildman–Crippen LogP) is 3.01. The second kappa shape index (κ2) is 6.52. The summed E-state index contributed by atoms with van der Waals surface area (Å²) in [6.45, 7) is 0.794. The van der Waals surface area contributed by atoms with Crippen molar-refractivity contribution < 1.29 is 19.4 Å². The number of hydrogen-bond acceptors (Lipinski definition) is 3. The lowest BCUT2D eigenvalue weighted by molar-refractivity contribution is -0.136. The molecular formula is C18H17NO4. The van der Waals surface area contributed by atoms with Gasteiger partial charge in [-0.25, -0.2) is 4.79 Å². The second-order valence-electron chi connectivity index (χ2n) is 5.48. The average Bonchev–Trinajstić information content (AvgIpc) is 2.96. The highest BCUT2D eigenvalue weighted by Gasteiger charge is 2.26. The standard InChI is InChI=1S/C18H17NO4/c20-17(21)11-14-6-7-16-15(10-14)8-9-19(16)18(22)23-12-13-4-2-1-3-5-13/h1-7,10H,8-9,11-12H2,(H,20,21). The lowest BCUT2D eigenvalue weighted by Crippen LogP contribution is -2.29. The summed E-state index contributed by atoms with van der Waals surface area (Å²) >= 11 is 0. The topological polar surface area (TPSA) is 66.8 Å². The van der Waals surface area contributed by atoms with Gasteiger partial charge in [0, 0.05) is 6.54 Å². The number of nitrogens with zero attached hydrogens (tertiary/aromatic N) is 1. The van der Waals surface area contributed by atoms with E-state index in [1.165, 1.54) is 0 Å². The molecule has 3 rings (SSSR count). The smallest absolute Gasteiger partial charge is 0.414 e. The summed E-state index contributed by atoms with van der Waals surface area (Å²) in [5.74, 6) is -0.859. The SMILES string of the molecule is O=C(O)Cc1ccc2c(c1)CCN2C(=O)OCc1ccccc1. The van der Waals surface area contributed by atoms with Crippen LogP contribution in [0.1, 0.15) is 16.7 Å². The van der Waals surface area contributed by atoms with Gasteiger partial charge in [-0.1, -0.05) is 42.5 Å². The molecule has 0 radical (unpaired) electrons. The Kier molecular flexibility index (Phi) is 4.28. The van der Waals surface area contributed by atoms with Crippen molar-refractivity contribution in [2.24, 2.45) is 0 Å². The molecule has 1 aliphatic heterocycles. The number of rotatable bonds is 4. The number of amides is 1. The molecule has 0 bridgehead atoms. The van der Waals surface area contributed by atoms with E-state index in [-0.39, 0.29) is 19.1 Å². The highest BCUT2D eigenvalue weighted by Crippen LogP contribution is 2.29. The number of carbonyl (C=O) groups is 2. The van der Waals surface area contributed by atoms with Crippen LogP contribution in [0.2, 0.25) is 0 Å². The molecule has 0 atom stereocenters. The molecule has 1 amide bonds. The lowest BCUT2D eigenvalue weighted by atomic mass is 10.1. The van der Waals surface area contributed by atoms with Crippen molar-refractivity contribution in [2.45, 2.75) is 19.4 Å². The number of benzene rings is 2. The zero-order chi connectivity index (χ0) is 16.2. The Bertz CT molecular complexity index is 727. The first kappa shape index (κ1) is 15.1. The molecule has 0 aromatic heterocycles. The fraction of sp³-hybridized carbons (Fsp3) is 0.222. The summed E-state index contributed by atoms with van der Waals surface area (Å²) in [6, 6.07) is 14.9. The quantitative estimate of drug-likeness (QED) is 0.942. The third kappa shape index (κ3) is 3.51. The van der Waals surface area contributed by atoms with Gasteiger partial charge in [-0.3, -0.25) is 9.69 Å². The van der Waals surface area contributed by atoms with Crippen molar-refractivity contribution in [3.8, 4) is 0 Å². The molecule has 0 fully saturated rings. The van der Waals surface area contributed by atoms with E-state index in [0.717, 1.165) is 22.4 Å². The van der Waals surface area contributed by atoms with Gasteiger partial charge >= 0.3 is 12.1 Å². The highest BCUT2D eigenvalue weighted by molar-refractivity contribution is 5.90. The van der Waals surface area contributed by atoms with Crippen LogP contribution in [-0.2, 0) is 29.0 Å². The summed E-state index contributed by atoms with van der Waals surface area (Å²) in [5, 5.41) is 8.85. The van der Waals surface area contributed by atoms with Gasteiger partial charge < -0.3 is 9.84 Å². The van der Waals surface area contributed by atoms with E-state index in [2.05, 4.69) is 0 Å². The molecule has 2 aromatic carbocycles. The molecular weight excluding hydrogens is 294 g/mol. The summed E-state index contributed by atoms with van der Waals surface area (Å²) in [4.78, 5) is 24.6. The minimum absolute atomic E-state index is 0.00820. The Morgan fingerprint density at radius 2 is 1.87 bits per heavy atom. The number of aliphatic carboxylic acids is 1. The molecule has 0 aliphatic carbocycles. The van der Waals surface area contributed by atoms with Crippen molar-refractivity contribution in [1.82, 2.24) is 0 Å². The molecule has 0 saturated heterocycles. The normalized spacial score (nSPS) is 12.8. The van der Waals surface area contributed by atoms with Crippen molar-refractivity contribution in [3.05, 3.63) is 65.2 Å². The van der Waals surface area contributed by atoms with Crippen molar-refractivity contribution in [3.63, 3.8) is 0 Å². The summed E-state index contributed by atoms with van der Waals surface area (Å²) < 4.78 is 5.36. The van der Waals surface area contributed by atoms with E-state index in [4.69, 9.17) is 9.84 Å². The Hall–Kier alpha value is -2.82. The molecule has 118 valence electrons. The molecule has 1 aliphatic rings. The van der Waals surface area contributed by atoms with E-state index in [9.17, 15) is 9.59 Å². The van der Waals surface area contributed by atoms with Gasteiger partial charge in [0.25, 0.3) is 0 Å². The van der Waals surface area contributed by atoms with Gasteiger partial charge in [0.15, 0.2) is 0 Å². The second-order valence-corrected chi connectivity index (χ2v) is 5.48. The van der Waals surface area contributed by atoms with Crippen LogP contribution in [0, 0.1) is 0 Å². The largest absolute Gasteiger partial charge is 0.481 e. The Morgan fingerprint density at radius 3 is 2.61 bits per heavy atom. The van der Waals surface area contributed by atoms with Gasteiger partial charge in [0.2, 0.25) is 0 Å². The van der Waals surface area contributed by atoms with Crippen molar-refractivity contribution in [1.29, 1.82) is 0 Å². The maximum atomic E-state index is 12.3. The monoisotopic (exact) mass is 311 g/mol. The predicted molar refractivity (Wildman–Crippen MR) is 85.5 cm³/mol. The number of ether oxygens (including phenoxy) is 1. The maximum absolute atomic E-state index is 12.3. The number of hydrogen-bond donors (Lipinski definition) is 1. The Labute approximate surface area is 134 Å². The van der Waals surface area contributed by atoms with Gasteiger partial charge in [0.1, 0.15) is 6.61 Å². The van der Waals surface area contributed by atoms with E-state index < -0.39 is 5.97 Å². The number of anilines is 1. The maximum Gasteiger partial charge on any atom is 0.414 e. The number of carbonyl (C=O) groups excluding carboxylic acids is 1. The summed E-state index contributed by atoms with van der Waals surface area (Å²) in [5.41, 5.74) is 3.48. The van der Waals surface area contributed by atoms with Crippen LogP contribution in [0.15, 0.2) is 48.5 Å². The molecule has 5 heteroatoms. The third-order valence-corrected chi connectivity index (χ3v) is 3.82. The molecule has 0 unspecified atom stereocenters. The molecule has 1 heterocycles. The fourth-order valence-corrected chi connectivity index (χ4v) is 2.73. The minimum Gasteiger partial charge on any atom is -0.481 e. The average molecular weight is 311 g/mol. The van der Waals surface area contributed by atoms with Crippen LogP contribution in [0.5, 0.6) is 0 Å². The van der Waals surface area contributed by atoms with Gasteiger partial charge in [-0.05, 0) is 29.2 Å². The van der Waals surface area contributed by atoms with E-state index in [1.807, 2.05) is 36.4 Å². The zero-order valence-electron chi connectivity index (χ0n) is 12.6.